The first-order valence-corrected chi connectivity index (χ1v) is 4.11. The fourth-order valence-corrected chi connectivity index (χ4v) is 0.704. The lowest BCUT2D eigenvalue weighted by atomic mass is 10.1. The van der Waals surface area contributed by atoms with E-state index in [2.05, 4.69) is 28.9 Å². The number of hydrogen-bond donors (Lipinski definition) is 1. The van der Waals surface area contributed by atoms with Gasteiger partial charge in [0.15, 0.2) is 0 Å². The molecule has 0 bridgehead atoms. The van der Waals surface area contributed by atoms with E-state index < -0.39 is 0 Å². The van der Waals surface area contributed by atoms with Crippen molar-refractivity contribution in [1.82, 2.24) is 5.32 Å². The molecule has 0 aliphatic carbocycles. The van der Waals surface area contributed by atoms with Gasteiger partial charge < -0.3 is 5.32 Å². The molecule has 4 heteroatoms. The summed E-state index contributed by atoms with van der Waals surface area (Å²) >= 11 is 0. The molecular weight excluding hydrogens is 158 g/mol. The third-order valence-corrected chi connectivity index (χ3v) is 1.34. The highest BCUT2D eigenvalue weighted by atomic mass is 17.2. The third kappa shape index (κ3) is 7.50. The zero-order valence-electron chi connectivity index (χ0n) is 7.92. The Morgan fingerprint density at radius 2 is 2.17 bits per heavy atom. The van der Waals surface area contributed by atoms with Gasteiger partial charge in [0.05, 0.1) is 13.7 Å². The zero-order valence-corrected chi connectivity index (χ0v) is 7.92. The molecule has 0 saturated carbocycles. The Morgan fingerprint density at radius 3 is 2.67 bits per heavy atom. The van der Waals surface area contributed by atoms with Gasteiger partial charge in [0.1, 0.15) is 0 Å². The number of rotatable bonds is 6. The van der Waals surface area contributed by atoms with Crippen LogP contribution in [0.15, 0.2) is 0 Å². The van der Waals surface area contributed by atoms with E-state index in [1.54, 1.807) is 0 Å². The van der Waals surface area contributed by atoms with Gasteiger partial charge in [-0.15, -0.1) is 0 Å². The maximum Gasteiger partial charge on any atom is 0.355 e. The molecule has 1 N–H and O–H groups in total. The maximum atomic E-state index is 10.7. The van der Waals surface area contributed by atoms with E-state index in [-0.39, 0.29) is 12.5 Å². The van der Waals surface area contributed by atoms with Gasteiger partial charge in [0, 0.05) is 0 Å². The highest BCUT2D eigenvalue weighted by Gasteiger charge is 2.01. The molecule has 0 aromatic carbocycles. The summed E-state index contributed by atoms with van der Waals surface area (Å²) in [6.07, 6.45) is 1.06. The normalized spacial score (nSPS) is 10.3. The molecule has 0 aromatic rings. The molecule has 0 fully saturated rings. The summed E-state index contributed by atoms with van der Waals surface area (Å²) in [7, 11) is 1.31. The Morgan fingerprint density at radius 1 is 1.50 bits per heavy atom. The Kier molecular flexibility index (Phi) is 6.70. The monoisotopic (exact) mass is 175 g/mol. The molecule has 0 rings (SSSR count). The number of hydrogen-bond acceptors (Lipinski definition) is 4. The van der Waals surface area contributed by atoms with Crippen LogP contribution in [-0.4, -0.2) is 26.2 Å². The van der Waals surface area contributed by atoms with Crippen LogP contribution < -0.4 is 5.32 Å². The van der Waals surface area contributed by atoms with Crippen molar-refractivity contribution in [3.8, 4) is 0 Å². The van der Waals surface area contributed by atoms with Crippen LogP contribution in [0.1, 0.15) is 20.3 Å². The third-order valence-electron chi connectivity index (χ3n) is 1.34. The summed E-state index contributed by atoms with van der Waals surface area (Å²) in [6.45, 7) is 5.31. The second-order valence-electron chi connectivity index (χ2n) is 2.98. The lowest BCUT2D eigenvalue weighted by Crippen LogP contribution is -2.26. The predicted octanol–water partition coefficient (Wildman–Crippen LogP) is 0.727. The first-order valence-electron chi connectivity index (χ1n) is 4.11. The van der Waals surface area contributed by atoms with Crippen LogP contribution in [0, 0.1) is 5.92 Å². The van der Waals surface area contributed by atoms with Crippen LogP contribution in [0.4, 0.5) is 0 Å². The summed E-state index contributed by atoms with van der Waals surface area (Å²) in [5.41, 5.74) is 0. The summed E-state index contributed by atoms with van der Waals surface area (Å²) in [6, 6.07) is 0. The highest BCUT2D eigenvalue weighted by molar-refractivity contribution is 5.70. The van der Waals surface area contributed by atoms with Crippen molar-refractivity contribution in [2.75, 3.05) is 20.2 Å². The topological polar surface area (TPSA) is 47.6 Å². The van der Waals surface area contributed by atoms with Crippen LogP contribution >= 0.6 is 0 Å². The van der Waals surface area contributed by atoms with Gasteiger partial charge in [0.25, 0.3) is 0 Å². The van der Waals surface area contributed by atoms with Gasteiger partial charge in [0.2, 0.25) is 0 Å². The molecule has 0 unspecified atom stereocenters. The highest BCUT2D eigenvalue weighted by Crippen LogP contribution is 1.95. The SMILES string of the molecule is COOC(=O)CNCCC(C)C. The van der Waals surface area contributed by atoms with Crippen molar-refractivity contribution in [1.29, 1.82) is 0 Å². The molecule has 0 atom stereocenters. The lowest BCUT2D eigenvalue weighted by molar-refractivity contribution is -0.253. The average Bonchev–Trinajstić information content (AvgIpc) is 1.98. The standard InChI is InChI=1S/C8H17NO3/c1-7(2)4-5-9-6-8(10)12-11-3/h7,9H,4-6H2,1-3H3. The van der Waals surface area contributed by atoms with E-state index in [0.717, 1.165) is 13.0 Å². The molecule has 0 heterocycles. The van der Waals surface area contributed by atoms with Gasteiger partial charge >= 0.3 is 5.97 Å². The molecule has 72 valence electrons. The predicted molar refractivity (Wildman–Crippen MR) is 45.4 cm³/mol. The number of carbonyl (C=O) groups is 1. The van der Waals surface area contributed by atoms with E-state index in [0.29, 0.717) is 5.92 Å². The quantitative estimate of drug-likeness (QED) is 0.367. The van der Waals surface area contributed by atoms with Crippen molar-refractivity contribution in [2.24, 2.45) is 5.92 Å². The largest absolute Gasteiger partial charge is 0.355 e. The summed E-state index contributed by atoms with van der Waals surface area (Å²) in [4.78, 5) is 19.1. The van der Waals surface area contributed by atoms with E-state index in [9.17, 15) is 4.79 Å². The molecule has 4 nitrogen and oxygen atoms in total. The minimum absolute atomic E-state index is 0.209. The van der Waals surface area contributed by atoms with Crippen LogP contribution in [0.3, 0.4) is 0 Å². The Labute approximate surface area is 73.2 Å². The van der Waals surface area contributed by atoms with E-state index in [4.69, 9.17) is 0 Å². The molecular formula is C8H17NO3. The molecule has 12 heavy (non-hydrogen) atoms. The van der Waals surface area contributed by atoms with Crippen molar-refractivity contribution in [2.45, 2.75) is 20.3 Å². The minimum atomic E-state index is -0.388. The van der Waals surface area contributed by atoms with Crippen molar-refractivity contribution in [3.05, 3.63) is 0 Å². The van der Waals surface area contributed by atoms with Crippen molar-refractivity contribution >= 4 is 5.97 Å². The first-order chi connectivity index (χ1) is 5.66. The molecule has 0 aliphatic rings. The summed E-state index contributed by atoms with van der Waals surface area (Å²) in [5, 5.41) is 2.95. The van der Waals surface area contributed by atoms with Crippen molar-refractivity contribution < 1.29 is 14.6 Å². The van der Waals surface area contributed by atoms with Gasteiger partial charge in [-0.25, -0.2) is 4.79 Å². The fourth-order valence-electron chi connectivity index (χ4n) is 0.704. The van der Waals surface area contributed by atoms with Gasteiger partial charge in [-0.05, 0) is 18.9 Å². The fraction of sp³-hybridized carbons (Fsp3) is 0.875. The van der Waals surface area contributed by atoms with Crippen molar-refractivity contribution in [3.63, 3.8) is 0 Å². The number of carbonyl (C=O) groups excluding carboxylic acids is 1. The van der Waals surface area contributed by atoms with E-state index in [1.165, 1.54) is 7.11 Å². The Balaban J connectivity index is 3.14. The molecule has 0 aromatic heterocycles. The smallest absolute Gasteiger partial charge is 0.307 e. The van der Waals surface area contributed by atoms with E-state index >= 15 is 0 Å². The molecule has 0 radical (unpaired) electrons. The summed E-state index contributed by atoms with van der Waals surface area (Å²) in [5.74, 6) is 0.261. The second-order valence-corrected chi connectivity index (χ2v) is 2.98. The first kappa shape index (κ1) is 11.4. The molecule has 0 spiro atoms. The van der Waals surface area contributed by atoms with Gasteiger partial charge in [-0.2, -0.15) is 4.89 Å². The Bertz CT molecular complexity index is 125. The number of nitrogens with one attached hydrogen (secondary N) is 1. The van der Waals surface area contributed by atoms with Crippen LogP contribution in [0.25, 0.3) is 0 Å². The average molecular weight is 175 g/mol. The minimum Gasteiger partial charge on any atom is -0.307 e. The zero-order chi connectivity index (χ0) is 9.40. The molecule has 0 aliphatic heterocycles. The van der Waals surface area contributed by atoms with Crippen LogP contribution in [0.5, 0.6) is 0 Å². The van der Waals surface area contributed by atoms with Gasteiger partial charge in [-0.1, -0.05) is 13.8 Å². The lowest BCUT2D eigenvalue weighted by Gasteiger charge is -2.05. The Hall–Kier alpha value is -0.610. The van der Waals surface area contributed by atoms with E-state index in [1.807, 2.05) is 0 Å². The second kappa shape index (κ2) is 7.06. The molecule has 0 saturated heterocycles. The molecule has 0 amide bonds. The van der Waals surface area contributed by atoms with Crippen LogP contribution in [-0.2, 0) is 14.6 Å². The van der Waals surface area contributed by atoms with Gasteiger partial charge in [-0.3, -0.25) is 4.89 Å². The van der Waals surface area contributed by atoms with Crippen LogP contribution in [0.2, 0.25) is 0 Å². The maximum absolute atomic E-state index is 10.7. The summed E-state index contributed by atoms with van der Waals surface area (Å²) < 4.78 is 0.